The van der Waals surface area contributed by atoms with E-state index in [1.165, 1.54) is 186 Å². The van der Waals surface area contributed by atoms with Crippen molar-refractivity contribution in [3.63, 3.8) is 0 Å². The topological polar surface area (TPSA) is 231 Å². The van der Waals surface area contributed by atoms with Gasteiger partial charge in [-0.3, -0.25) is 32.5 Å². The molecule has 0 spiro atoms. The summed E-state index contributed by atoms with van der Waals surface area (Å²) in [6.07, 6.45) is 132. The fraction of sp³-hybridized carbons (Fsp3) is 0.697. The summed E-state index contributed by atoms with van der Waals surface area (Å²) in [5, 5.41) is 20.8. The number of phosphoric acid groups is 2. The van der Waals surface area contributed by atoms with Crippen molar-refractivity contribution in [1.29, 1.82) is 0 Å². The Labute approximate surface area is 776 Å². The average molecular weight is 1810 g/mol. The number of rotatable bonds is 96. The molecule has 5 unspecified atom stereocenters. The molecule has 0 radical (unpaired) electrons. The van der Waals surface area contributed by atoms with Gasteiger partial charge in [0, 0.05) is 19.3 Å². The van der Waals surface area contributed by atoms with Gasteiger partial charge in [0.15, 0.2) is 6.10 Å². The molecule has 728 valence electrons. The first kappa shape index (κ1) is 122. The van der Waals surface area contributed by atoms with Crippen LogP contribution in [0.3, 0.4) is 0 Å². The van der Waals surface area contributed by atoms with Crippen LogP contribution < -0.4 is 0 Å². The Bertz CT molecular complexity index is 3040. The molecule has 0 heterocycles. The van der Waals surface area contributed by atoms with Gasteiger partial charge in [0.1, 0.15) is 25.4 Å². The first-order chi connectivity index (χ1) is 62.2. The summed E-state index contributed by atoms with van der Waals surface area (Å²) in [5.74, 6) is -1.57. The maximum Gasteiger partial charge on any atom is 0.472 e. The summed E-state index contributed by atoms with van der Waals surface area (Å²) in [6, 6.07) is 0. The molecule has 0 bridgehead atoms. The van der Waals surface area contributed by atoms with Crippen LogP contribution in [0, 0.1) is 0 Å². The molecule has 0 aromatic rings. The largest absolute Gasteiger partial charge is 0.472 e. The van der Waals surface area contributed by atoms with Crippen LogP contribution in [0.1, 0.15) is 432 Å². The van der Waals surface area contributed by atoms with E-state index in [9.17, 15) is 43.5 Å². The van der Waals surface area contributed by atoms with Crippen LogP contribution in [0.25, 0.3) is 0 Å². The predicted molar refractivity (Wildman–Crippen MR) is 537 cm³/mol. The maximum absolute atomic E-state index is 13.1. The van der Waals surface area contributed by atoms with Gasteiger partial charge in [-0.25, -0.2) is 9.13 Å². The summed E-state index contributed by atoms with van der Waals surface area (Å²) in [4.78, 5) is 59.2. The minimum atomic E-state index is -4.95. The zero-order valence-corrected chi connectivity index (χ0v) is 82.4. The molecule has 16 nitrogen and oxygen atoms in total. The molecular weight excluding hydrogens is 1630 g/mol. The van der Waals surface area contributed by atoms with Crippen molar-refractivity contribution in [2.75, 3.05) is 39.6 Å². The minimum absolute atomic E-state index is 0.0894. The lowest BCUT2D eigenvalue weighted by molar-refractivity contribution is -0.161. The second-order valence-corrected chi connectivity index (χ2v) is 36.8. The lowest BCUT2D eigenvalue weighted by Crippen LogP contribution is -2.30. The van der Waals surface area contributed by atoms with Crippen LogP contribution in [-0.4, -0.2) is 95.9 Å². The Hall–Kier alpha value is -5.35. The number of aliphatic hydroxyl groups excluding tert-OH is 2. The molecular formula is C109H186O16P2. The number of allylic oxidation sites excluding steroid dienone is 30. The highest BCUT2D eigenvalue weighted by atomic mass is 31.2. The smallest absolute Gasteiger partial charge is 0.463 e. The van der Waals surface area contributed by atoms with Gasteiger partial charge in [0.05, 0.1) is 26.4 Å². The van der Waals surface area contributed by atoms with E-state index in [0.717, 1.165) is 186 Å². The van der Waals surface area contributed by atoms with Crippen LogP contribution in [0.2, 0.25) is 0 Å². The van der Waals surface area contributed by atoms with E-state index in [0.29, 0.717) is 19.3 Å². The molecule has 0 aromatic heterocycles. The maximum atomic E-state index is 13.1. The monoisotopic (exact) mass is 1810 g/mol. The van der Waals surface area contributed by atoms with Crippen molar-refractivity contribution < 1.29 is 75.8 Å². The van der Waals surface area contributed by atoms with Crippen LogP contribution in [0.5, 0.6) is 0 Å². The number of carbonyl (C=O) groups excluding carboxylic acids is 3. The fourth-order valence-electron chi connectivity index (χ4n) is 13.9. The molecule has 18 heteroatoms. The zero-order chi connectivity index (χ0) is 92.1. The third kappa shape index (κ3) is 101. The second-order valence-electron chi connectivity index (χ2n) is 33.9. The van der Waals surface area contributed by atoms with Gasteiger partial charge in [-0.15, -0.1) is 0 Å². The van der Waals surface area contributed by atoms with E-state index >= 15 is 0 Å². The van der Waals surface area contributed by atoms with Crippen molar-refractivity contribution in [3.8, 4) is 0 Å². The van der Waals surface area contributed by atoms with Gasteiger partial charge in [-0.05, 0) is 161 Å². The van der Waals surface area contributed by atoms with Gasteiger partial charge in [-0.2, -0.15) is 0 Å². The Morgan fingerprint density at radius 2 is 0.417 bits per heavy atom. The molecule has 0 rings (SSSR count). The molecule has 0 aliphatic heterocycles. The van der Waals surface area contributed by atoms with Crippen molar-refractivity contribution in [2.45, 2.75) is 450 Å². The van der Waals surface area contributed by atoms with Crippen LogP contribution in [-0.2, 0) is 55.8 Å². The summed E-state index contributed by atoms with van der Waals surface area (Å²) in [7, 11) is -9.82. The molecule has 4 N–H and O–H groups in total. The SMILES string of the molecule is CC/C=C\C/C=C\C/C=C\C/C=C\C/C=C\C/C=C\CCCCCCCCCCC(=O)OC(COC(=O)CCCCCCCCCCCCCCC/C=C\C/C=C\C/C=C\C/C=C\C/C=C\CC)COP(=O)(O)OCC(O)COP(=O)(O)OCC(O)COC(=O)CCCCCCCCCCCCCCCCCCCCC/C=C\C/C=C\C/C=C\C/C=C\CCCCC. The Kier molecular flexibility index (Phi) is 95.5. The Morgan fingerprint density at radius 3 is 0.661 bits per heavy atom. The molecule has 0 fully saturated rings. The molecule has 0 aliphatic rings. The van der Waals surface area contributed by atoms with Gasteiger partial charge >= 0.3 is 33.6 Å². The summed E-state index contributed by atoms with van der Waals surface area (Å²) in [5.41, 5.74) is 0. The number of unbranched alkanes of at least 4 members (excludes halogenated alkanes) is 43. The fourth-order valence-corrected chi connectivity index (χ4v) is 15.5. The third-order valence-corrected chi connectivity index (χ3v) is 23.5. The molecule has 127 heavy (non-hydrogen) atoms. The van der Waals surface area contributed by atoms with Crippen LogP contribution in [0.4, 0.5) is 0 Å². The van der Waals surface area contributed by atoms with Crippen molar-refractivity contribution in [3.05, 3.63) is 182 Å². The van der Waals surface area contributed by atoms with E-state index in [1.54, 1.807) is 0 Å². The summed E-state index contributed by atoms with van der Waals surface area (Å²) >= 11 is 0. The predicted octanol–water partition coefficient (Wildman–Crippen LogP) is 32.3. The van der Waals surface area contributed by atoms with Gasteiger partial charge in [0.2, 0.25) is 0 Å². The van der Waals surface area contributed by atoms with E-state index in [4.69, 9.17) is 32.3 Å². The Morgan fingerprint density at radius 1 is 0.228 bits per heavy atom. The van der Waals surface area contributed by atoms with Gasteiger partial charge in [0.25, 0.3) is 0 Å². The zero-order valence-electron chi connectivity index (χ0n) is 80.6. The van der Waals surface area contributed by atoms with E-state index < -0.39 is 91.5 Å². The van der Waals surface area contributed by atoms with Gasteiger partial charge in [-0.1, -0.05) is 434 Å². The highest BCUT2D eigenvalue weighted by Crippen LogP contribution is 2.45. The number of carbonyl (C=O) groups is 3. The third-order valence-electron chi connectivity index (χ3n) is 21.6. The number of phosphoric ester groups is 2. The van der Waals surface area contributed by atoms with Crippen molar-refractivity contribution in [2.24, 2.45) is 0 Å². The highest BCUT2D eigenvalue weighted by molar-refractivity contribution is 7.47. The standard InChI is InChI=1S/C109H186O16P2/c1-4-7-10-13-16-19-22-25-28-31-34-37-40-43-46-48-49-50-51-52-53-55-58-59-62-65-68-71-74-77-80-83-86-89-92-95-107(112)119-98-104(110)99-121-126(115,116)122-100-105(111)101-123-127(117,118)124-103-106(125-109(114)97-94-91-88-85-82-79-76-73-70-67-64-61-56-45-42-39-36-33-30-27-24-21-18-15-12-9-6-3)102-120-108(113)96-93-90-87-84-81-78-75-72-69-66-63-60-57-54-47-44-41-38-35-32-29-26-23-20-17-14-11-8-5-2/h8-9,11-12,16-21,25-30,34-39,43-47,56,64,67,104-106,110-111H,4-7,10,13-15,22-24,31-33,40-42,48-55,57-63,65-66,68-103H2,1-3H3,(H,115,116)(H,117,118)/b11-8-,12-9-,19-16-,20-17-,21-18-,28-25-,29-26-,30-27-,37-34-,38-35-,39-36-,46-43-,47-44-,56-45-,67-64-. The van der Waals surface area contributed by atoms with Gasteiger partial charge < -0.3 is 34.2 Å². The van der Waals surface area contributed by atoms with Crippen LogP contribution >= 0.6 is 15.6 Å². The first-order valence-corrected chi connectivity index (χ1v) is 54.1. The summed E-state index contributed by atoms with van der Waals surface area (Å²) in [6.45, 7) is 2.48. The number of hydrogen-bond acceptors (Lipinski definition) is 14. The molecule has 0 aromatic carbocycles. The first-order valence-electron chi connectivity index (χ1n) is 51.1. The molecule has 0 saturated heterocycles. The Balaban J connectivity index is 4.59. The number of esters is 3. The molecule has 0 aliphatic carbocycles. The van der Waals surface area contributed by atoms with E-state index in [-0.39, 0.29) is 19.3 Å². The molecule has 0 saturated carbocycles. The average Bonchev–Trinajstić information content (AvgIpc) is 0.897. The molecule has 5 atom stereocenters. The van der Waals surface area contributed by atoms with Crippen LogP contribution in [0.15, 0.2) is 182 Å². The number of hydrogen-bond donors (Lipinski definition) is 4. The quantitative estimate of drug-likeness (QED) is 0.0146. The van der Waals surface area contributed by atoms with Crippen molar-refractivity contribution in [1.82, 2.24) is 0 Å². The van der Waals surface area contributed by atoms with E-state index in [2.05, 4.69) is 203 Å². The number of aliphatic hydroxyl groups is 2. The normalized spacial score (nSPS) is 14.4. The lowest BCUT2D eigenvalue weighted by Gasteiger charge is -2.21. The number of ether oxygens (including phenoxy) is 3. The lowest BCUT2D eigenvalue weighted by atomic mass is 10.0. The highest BCUT2D eigenvalue weighted by Gasteiger charge is 2.30. The van der Waals surface area contributed by atoms with E-state index in [1.807, 2.05) is 0 Å². The molecule has 0 amide bonds. The second kappa shape index (κ2) is 99.7. The summed E-state index contributed by atoms with van der Waals surface area (Å²) < 4.78 is 61.7. The minimum Gasteiger partial charge on any atom is -0.463 e. The van der Waals surface area contributed by atoms with Crippen molar-refractivity contribution >= 4 is 33.6 Å².